The van der Waals surface area contributed by atoms with Gasteiger partial charge in [-0.15, -0.1) is 0 Å². The molecule has 1 saturated heterocycles. The summed E-state index contributed by atoms with van der Waals surface area (Å²) in [7, 11) is 2.19. The van der Waals surface area contributed by atoms with Crippen molar-refractivity contribution in [3.05, 3.63) is 59.2 Å². The van der Waals surface area contributed by atoms with Gasteiger partial charge in [0.1, 0.15) is 17.1 Å². The average molecular weight is 418 g/mol. The quantitative estimate of drug-likeness (QED) is 0.457. The molecule has 0 atom stereocenters. The lowest BCUT2D eigenvalue weighted by molar-refractivity contribution is 0.256. The molecule has 0 saturated carbocycles. The van der Waals surface area contributed by atoms with Gasteiger partial charge in [0.25, 0.3) is 5.89 Å². The SMILES string of the molecule is Cc1noc(C)c1-c1nc(COc2ccc3cccc(C4CCN(C)CC4)c3c2)no1. The normalized spacial score (nSPS) is 15.6. The topological polar surface area (TPSA) is 77.4 Å². The van der Waals surface area contributed by atoms with Crippen LogP contribution in [0.5, 0.6) is 5.75 Å². The Kier molecular flexibility index (Phi) is 5.19. The van der Waals surface area contributed by atoms with Crippen LogP contribution in [0.25, 0.3) is 22.2 Å². The maximum Gasteiger partial charge on any atom is 0.263 e. The van der Waals surface area contributed by atoms with Crippen LogP contribution in [0.1, 0.15) is 41.6 Å². The van der Waals surface area contributed by atoms with Crippen molar-refractivity contribution in [3.63, 3.8) is 0 Å². The molecular weight excluding hydrogens is 392 g/mol. The largest absolute Gasteiger partial charge is 0.485 e. The van der Waals surface area contributed by atoms with Gasteiger partial charge in [-0.3, -0.25) is 0 Å². The molecule has 2 aromatic carbocycles. The fourth-order valence-corrected chi connectivity index (χ4v) is 4.39. The van der Waals surface area contributed by atoms with Crippen LogP contribution in [0.2, 0.25) is 0 Å². The highest BCUT2D eigenvalue weighted by atomic mass is 16.5. The molecule has 0 spiro atoms. The molecule has 1 aliphatic rings. The molecule has 7 heteroatoms. The smallest absolute Gasteiger partial charge is 0.263 e. The standard InChI is InChI=1S/C24H26N4O3/c1-15-23(16(2)30-26-15)24-25-22(27-31-24)14-29-19-8-7-17-5-4-6-20(21(17)13-19)18-9-11-28(3)12-10-18/h4-8,13,18H,9-12,14H2,1-3H3. The number of nitrogens with zero attached hydrogens (tertiary/aromatic N) is 4. The summed E-state index contributed by atoms with van der Waals surface area (Å²) in [5, 5.41) is 10.5. The van der Waals surface area contributed by atoms with Gasteiger partial charge < -0.3 is 18.7 Å². The molecular formula is C24H26N4O3. The second-order valence-corrected chi connectivity index (χ2v) is 8.31. The Morgan fingerprint density at radius 3 is 2.68 bits per heavy atom. The van der Waals surface area contributed by atoms with Crippen molar-refractivity contribution in [2.24, 2.45) is 0 Å². The third-order valence-corrected chi connectivity index (χ3v) is 6.13. The van der Waals surface area contributed by atoms with Crippen molar-refractivity contribution in [2.45, 2.75) is 39.2 Å². The molecule has 2 aromatic heterocycles. The summed E-state index contributed by atoms with van der Waals surface area (Å²) in [5.41, 5.74) is 2.88. The first-order valence-electron chi connectivity index (χ1n) is 10.7. The minimum atomic E-state index is 0.231. The first-order chi connectivity index (χ1) is 15.1. The summed E-state index contributed by atoms with van der Waals surface area (Å²) in [5.74, 6) is 2.93. The number of hydrogen-bond acceptors (Lipinski definition) is 7. The zero-order valence-electron chi connectivity index (χ0n) is 18.1. The molecule has 4 aromatic rings. The number of ether oxygens (including phenoxy) is 1. The maximum absolute atomic E-state index is 6.02. The van der Waals surface area contributed by atoms with Crippen LogP contribution in [-0.2, 0) is 6.61 Å². The summed E-state index contributed by atoms with van der Waals surface area (Å²) in [6, 6.07) is 12.8. The van der Waals surface area contributed by atoms with Crippen LogP contribution in [0.3, 0.4) is 0 Å². The summed E-state index contributed by atoms with van der Waals surface area (Å²) >= 11 is 0. The second kappa shape index (κ2) is 8.15. The van der Waals surface area contributed by atoms with Crippen LogP contribution in [0.15, 0.2) is 45.4 Å². The zero-order chi connectivity index (χ0) is 21.4. The molecule has 1 fully saturated rings. The van der Waals surface area contributed by atoms with Gasteiger partial charge in [-0.2, -0.15) is 4.98 Å². The number of rotatable bonds is 5. The Labute approximate surface area is 181 Å². The van der Waals surface area contributed by atoms with E-state index in [1.165, 1.54) is 29.2 Å². The van der Waals surface area contributed by atoms with E-state index < -0.39 is 0 Å². The van der Waals surface area contributed by atoms with Crippen LogP contribution in [0.4, 0.5) is 0 Å². The third-order valence-electron chi connectivity index (χ3n) is 6.13. The molecule has 31 heavy (non-hydrogen) atoms. The predicted molar refractivity (Wildman–Crippen MR) is 117 cm³/mol. The highest BCUT2D eigenvalue weighted by molar-refractivity contribution is 5.87. The molecule has 0 radical (unpaired) electrons. The van der Waals surface area contributed by atoms with Gasteiger partial charge in [-0.1, -0.05) is 34.6 Å². The highest BCUT2D eigenvalue weighted by Crippen LogP contribution is 2.34. The number of aryl methyl sites for hydroxylation is 2. The van der Waals surface area contributed by atoms with Crippen LogP contribution in [-0.4, -0.2) is 40.3 Å². The fourth-order valence-electron chi connectivity index (χ4n) is 4.39. The third kappa shape index (κ3) is 3.93. The van der Waals surface area contributed by atoms with E-state index in [-0.39, 0.29) is 6.61 Å². The maximum atomic E-state index is 6.02. The molecule has 5 rings (SSSR count). The van der Waals surface area contributed by atoms with E-state index in [9.17, 15) is 0 Å². The Bertz CT molecular complexity index is 1190. The summed E-state index contributed by atoms with van der Waals surface area (Å²) < 4.78 is 16.6. The van der Waals surface area contributed by atoms with Crippen molar-refractivity contribution in [2.75, 3.05) is 20.1 Å². The molecule has 0 unspecified atom stereocenters. The molecule has 0 aliphatic carbocycles. The number of fused-ring (bicyclic) bond motifs is 1. The minimum absolute atomic E-state index is 0.231. The first kappa shape index (κ1) is 19.8. The lowest BCUT2D eigenvalue weighted by atomic mass is 9.86. The van der Waals surface area contributed by atoms with Crippen molar-refractivity contribution >= 4 is 10.8 Å². The van der Waals surface area contributed by atoms with E-state index >= 15 is 0 Å². The molecule has 7 nitrogen and oxygen atoms in total. The van der Waals surface area contributed by atoms with Crippen molar-refractivity contribution in [1.29, 1.82) is 0 Å². The molecule has 0 amide bonds. The van der Waals surface area contributed by atoms with E-state index in [1.54, 1.807) is 0 Å². The summed E-state index contributed by atoms with van der Waals surface area (Å²) in [4.78, 5) is 6.84. The van der Waals surface area contributed by atoms with Gasteiger partial charge in [0.15, 0.2) is 6.61 Å². The highest BCUT2D eigenvalue weighted by Gasteiger charge is 2.21. The van der Waals surface area contributed by atoms with Crippen molar-refractivity contribution < 1.29 is 13.8 Å². The monoisotopic (exact) mass is 418 g/mol. The lowest BCUT2D eigenvalue weighted by Gasteiger charge is -2.30. The van der Waals surface area contributed by atoms with Crippen LogP contribution < -0.4 is 4.74 Å². The average Bonchev–Trinajstić information content (AvgIpc) is 3.38. The number of benzene rings is 2. The van der Waals surface area contributed by atoms with Gasteiger partial charge >= 0.3 is 0 Å². The van der Waals surface area contributed by atoms with Gasteiger partial charge in [0, 0.05) is 0 Å². The molecule has 0 bridgehead atoms. The van der Waals surface area contributed by atoms with Gasteiger partial charge in [-0.25, -0.2) is 0 Å². The van der Waals surface area contributed by atoms with E-state index in [1.807, 2.05) is 19.9 Å². The Hall–Kier alpha value is -3.19. The Balaban J connectivity index is 1.35. The van der Waals surface area contributed by atoms with E-state index in [2.05, 4.69) is 57.6 Å². The van der Waals surface area contributed by atoms with Crippen molar-refractivity contribution in [3.8, 4) is 17.2 Å². The Morgan fingerprint density at radius 1 is 1.06 bits per heavy atom. The summed E-state index contributed by atoms with van der Waals surface area (Å²) in [6.07, 6.45) is 2.38. The van der Waals surface area contributed by atoms with Gasteiger partial charge in [0.05, 0.1) is 5.69 Å². The number of hydrogen-bond donors (Lipinski definition) is 0. The number of likely N-dealkylation sites (tertiary alicyclic amines) is 1. The van der Waals surface area contributed by atoms with E-state index in [0.717, 1.165) is 30.1 Å². The van der Waals surface area contributed by atoms with E-state index in [0.29, 0.717) is 23.4 Å². The van der Waals surface area contributed by atoms with Gasteiger partial charge in [0.2, 0.25) is 5.82 Å². The van der Waals surface area contributed by atoms with Crippen LogP contribution in [0, 0.1) is 13.8 Å². The molecule has 0 N–H and O–H groups in total. The predicted octanol–water partition coefficient (Wildman–Crippen LogP) is 4.88. The minimum Gasteiger partial charge on any atom is -0.485 e. The Morgan fingerprint density at radius 2 is 1.90 bits per heavy atom. The summed E-state index contributed by atoms with van der Waals surface area (Å²) in [6.45, 7) is 6.19. The first-order valence-corrected chi connectivity index (χ1v) is 10.7. The van der Waals surface area contributed by atoms with Crippen molar-refractivity contribution in [1.82, 2.24) is 20.2 Å². The molecule has 160 valence electrons. The second-order valence-electron chi connectivity index (χ2n) is 8.31. The molecule has 3 heterocycles. The van der Waals surface area contributed by atoms with Gasteiger partial charge in [-0.05, 0) is 81.2 Å². The zero-order valence-corrected chi connectivity index (χ0v) is 18.1. The fraction of sp³-hybridized carbons (Fsp3) is 0.375. The van der Waals surface area contributed by atoms with Crippen LogP contribution >= 0.6 is 0 Å². The molecule has 1 aliphatic heterocycles. The van der Waals surface area contributed by atoms with E-state index in [4.69, 9.17) is 13.8 Å². The number of aromatic nitrogens is 3. The number of piperidine rings is 1. The lowest BCUT2D eigenvalue weighted by Crippen LogP contribution is -2.29.